The van der Waals surface area contributed by atoms with Crippen LogP contribution >= 0.6 is 11.3 Å². The van der Waals surface area contributed by atoms with E-state index >= 15 is 0 Å². The second kappa shape index (κ2) is 15.0. The Kier molecular flexibility index (Phi) is 8.45. The standard InChI is InChI=1S/C63H37N3S/c1-3-18-44-41(14-1)35-54(48-22-7-5-20-46(44)48)57-37-58(55-36-42-15-2-4-19-45(42)47-21-6-8-23-49(47)55)66-63(65-57)39-30-28-38(29-31-39)40-16-13-17-43(34-40)61-53-33-32-51-50-24-10-12-27-59(50)67-62(51)60(53)52-25-9-11-26-56(52)64-61/h1-37H. The Balaban J connectivity index is 0.921. The maximum atomic E-state index is 5.43. The van der Waals surface area contributed by atoms with E-state index in [2.05, 4.69) is 224 Å². The van der Waals surface area contributed by atoms with Crippen LogP contribution in [0.5, 0.6) is 0 Å². The van der Waals surface area contributed by atoms with Gasteiger partial charge in [-0.2, -0.15) is 0 Å². The predicted molar refractivity (Wildman–Crippen MR) is 285 cm³/mol. The lowest BCUT2D eigenvalue weighted by Crippen LogP contribution is -1.97. The summed E-state index contributed by atoms with van der Waals surface area (Å²) in [7, 11) is 0. The molecule has 310 valence electrons. The van der Waals surface area contributed by atoms with Crippen molar-refractivity contribution in [1.29, 1.82) is 0 Å². The molecule has 0 saturated carbocycles. The van der Waals surface area contributed by atoms with Gasteiger partial charge >= 0.3 is 0 Å². The number of hydrogen-bond acceptors (Lipinski definition) is 4. The van der Waals surface area contributed by atoms with Crippen LogP contribution in [-0.4, -0.2) is 15.0 Å². The minimum Gasteiger partial charge on any atom is -0.247 e. The number of fused-ring (bicyclic) bond motifs is 13. The van der Waals surface area contributed by atoms with Gasteiger partial charge in [-0.3, -0.25) is 0 Å². The van der Waals surface area contributed by atoms with Crippen molar-refractivity contribution >= 4 is 96.3 Å². The van der Waals surface area contributed by atoms with Gasteiger partial charge in [-0.25, -0.2) is 15.0 Å². The number of rotatable bonds is 5. The maximum absolute atomic E-state index is 5.43. The Morgan fingerprint density at radius 1 is 0.299 bits per heavy atom. The normalized spacial score (nSPS) is 11.9. The first-order chi connectivity index (χ1) is 33.2. The first-order valence-corrected chi connectivity index (χ1v) is 23.6. The van der Waals surface area contributed by atoms with E-state index in [4.69, 9.17) is 15.0 Å². The number of nitrogens with zero attached hydrogens (tertiary/aromatic N) is 3. The summed E-state index contributed by atoms with van der Waals surface area (Å²) in [5.74, 6) is 0.682. The summed E-state index contributed by atoms with van der Waals surface area (Å²) in [4.78, 5) is 16.2. The van der Waals surface area contributed by atoms with E-state index in [0.29, 0.717) is 5.82 Å². The number of thiophene rings is 1. The van der Waals surface area contributed by atoms with Crippen molar-refractivity contribution in [2.24, 2.45) is 0 Å². The van der Waals surface area contributed by atoms with Gasteiger partial charge in [0, 0.05) is 58.6 Å². The molecule has 0 aliphatic rings. The molecule has 0 spiro atoms. The van der Waals surface area contributed by atoms with Crippen LogP contribution in [0.4, 0.5) is 0 Å². The van der Waals surface area contributed by atoms with Crippen molar-refractivity contribution in [3.05, 3.63) is 224 Å². The maximum Gasteiger partial charge on any atom is 0.160 e. The van der Waals surface area contributed by atoms with E-state index in [0.717, 1.165) is 72.1 Å². The van der Waals surface area contributed by atoms with Gasteiger partial charge in [0.05, 0.1) is 22.6 Å². The van der Waals surface area contributed by atoms with Crippen LogP contribution in [-0.2, 0) is 0 Å². The molecule has 3 nitrogen and oxygen atoms in total. The molecule has 11 aromatic carbocycles. The molecule has 0 aliphatic carbocycles. The molecule has 0 bridgehead atoms. The monoisotopic (exact) mass is 867 g/mol. The van der Waals surface area contributed by atoms with Crippen LogP contribution in [0.1, 0.15) is 0 Å². The van der Waals surface area contributed by atoms with Crippen LogP contribution < -0.4 is 0 Å². The Morgan fingerprint density at radius 2 is 0.821 bits per heavy atom. The highest BCUT2D eigenvalue weighted by molar-refractivity contribution is 7.26. The number of para-hydroxylation sites is 1. The third-order valence-electron chi connectivity index (χ3n) is 13.6. The average Bonchev–Trinajstić information content (AvgIpc) is 3.79. The van der Waals surface area contributed by atoms with Crippen LogP contribution in [0.3, 0.4) is 0 Å². The summed E-state index contributed by atoms with van der Waals surface area (Å²) in [5.41, 5.74) is 10.2. The molecule has 0 N–H and O–H groups in total. The second-order valence-electron chi connectivity index (χ2n) is 17.4. The number of aromatic nitrogens is 3. The highest BCUT2D eigenvalue weighted by Crippen LogP contribution is 2.44. The SMILES string of the molecule is c1cc(-c2ccc(-c3nc(-c4cc5ccccc5c5ccccc45)cc(-c4cc5ccccc5c5ccccc45)n3)cc2)cc(-c2nc3ccccc3c3c2ccc2c4ccccc4sc23)c1. The van der Waals surface area contributed by atoms with E-state index in [1.165, 1.54) is 63.3 Å². The van der Waals surface area contributed by atoms with Crippen LogP contribution in [0, 0.1) is 0 Å². The van der Waals surface area contributed by atoms with Gasteiger partial charge in [0.2, 0.25) is 0 Å². The summed E-state index contributed by atoms with van der Waals surface area (Å²) in [6.45, 7) is 0. The first-order valence-electron chi connectivity index (χ1n) is 22.7. The summed E-state index contributed by atoms with van der Waals surface area (Å²) in [6, 6.07) is 80.8. The Hall–Kier alpha value is -8.57. The molecule has 3 heterocycles. The quantitative estimate of drug-likeness (QED) is 0.162. The molecule has 0 aliphatic heterocycles. The predicted octanol–water partition coefficient (Wildman–Crippen LogP) is 17.5. The topological polar surface area (TPSA) is 38.7 Å². The lowest BCUT2D eigenvalue weighted by Gasteiger charge is -2.15. The van der Waals surface area contributed by atoms with Crippen molar-refractivity contribution in [1.82, 2.24) is 15.0 Å². The lowest BCUT2D eigenvalue weighted by molar-refractivity contribution is 1.19. The van der Waals surface area contributed by atoms with Crippen molar-refractivity contribution in [2.45, 2.75) is 0 Å². The second-order valence-corrected chi connectivity index (χ2v) is 18.5. The van der Waals surface area contributed by atoms with Crippen LogP contribution in [0.15, 0.2) is 224 Å². The van der Waals surface area contributed by atoms with Gasteiger partial charge in [-0.05, 0) is 90.6 Å². The van der Waals surface area contributed by atoms with Crippen molar-refractivity contribution < 1.29 is 0 Å². The summed E-state index contributed by atoms with van der Waals surface area (Å²) < 4.78 is 2.61. The fraction of sp³-hybridized carbons (Fsp3) is 0. The molecular weight excluding hydrogens is 831 g/mol. The molecule has 0 radical (unpaired) electrons. The van der Waals surface area contributed by atoms with Gasteiger partial charge in [0.25, 0.3) is 0 Å². The molecule has 0 amide bonds. The van der Waals surface area contributed by atoms with E-state index in [1.807, 2.05) is 11.3 Å². The summed E-state index contributed by atoms with van der Waals surface area (Å²) in [6.07, 6.45) is 0. The largest absolute Gasteiger partial charge is 0.247 e. The molecule has 14 aromatic rings. The van der Waals surface area contributed by atoms with Crippen molar-refractivity contribution in [2.75, 3.05) is 0 Å². The third kappa shape index (κ3) is 6.07. The third-order valence-corrected chi connectivity index (χ3v) is 14.8. The molecule has 0 atom stereocenters. The van der Waals surface area contributed by atoms with Crippen LogP contribution in [0.25, 0.3) is 141 Å². The molecule has 0 fully saturated rings. The fourth-order valence-electron chi connectivity index (χ4n) is 10.5. The van der Waals surface area contributed by atoms with Gasteiger partial charge in [-0.1, -0.05) is 188 Å². The molecular formula is C63H37N3S. The van der Waals surface area contributed by atoms with Crippen LogP contribution in [0.2, 0.25) is 0 Å². The fourth-order valence-corrected chi connectivity index (χ4v) is 11.7. The molecule has 0 saturated heterocycles. The molecule has 67 heavy (non-hydrogen) atoms. The zero-order chi connectivity index (χ0) is 44.0. The van der Waals surface area contributed by atoms with Gasteiger partial charge in [0.1, 0.15) is 0 Å². The Bertz CT molecular complexity index is 4200. The number of hydrogen-bond donors (Lipinski definition) is 0. The number of pyridine rings is 1. The van der Waals surface area contributed by atoms with Gasteiger partial charge < -0.3 is 0 Å². The van der Waals surface area contributed by atoms with E-state index in [9.17, 15) is 0 Å². The molecule has 0 unspecified atom stereocenters. The van der Waals surface area contributed by atoms with Gasteiger partial charge in [0.15, 0.2) is 5.82 Å². The smallest absolute Gasteiger partial charge is 0.160 e. The minimum atomic E-state index is 0.682. The first kappa shape index (κ1) is 37.8. The van der Waals surface area contributed by atoms with E-state index < -0.39 is 0 Å². The zero-order valence-electron chi connectivity index (χ0n) is 36.1. The summed E-state index contributed by atoms with van der Waals surface area (Å²) >= 11 is 1.87. The molecule has 14 rings (SSSR count). The van der Waals surface area contributed by atoms with Crippen molar-refractivity contribution in [3.63, 3.8) is 0 Å². The van der Waals surface area contributed by atoms with Gasteiger partial charge in [-0.15, -0.1) is 11.3 Å². The van der Waals surface area contributed by atoms with Crippen molar-refractivity contribution in [3.8, 4) is 56.3 Å². The lowest BCUT2D eigenvalue weighted by atomic mass is 9.93. The number of benzene rings is 11. The molecule has 3 aromatic heterocycles. The van der Waals surface area contributed by atoms with E-state index in [-0.39, 0.29) is 0 Å². The highest BCUT2D eigenvalue weighted by atomic mass is 32.1. The van der Waals surface area contributed by atoms with E-state index in [1.54, 1.807) is 0 Å². The Morgan fingerprint density at radius 3 is 1.49 bits per heavy atom. The summed E-state index contributed by atoms with van der Waals surface area (Å²) in [5, 5.41) is 15.8. The molecule has 4 heteroatoms. The zero-order valence-corrected chi connectivity index (χ0v) is 36.9. The average molecular weight is 868 g/mol. The Labute approximate surface area is 389 Å². The minimum absolute atomic E-state index is 0.682. The highest BCUT2D eigenvalue weighted by Gasteiger charge is 2.19.